The van der Waals surface area contributed by atoms with Gasteiger partial charge in [-0.3, -0.25) is 9.59 Å². The Bertz CT molecular complexity index is 627. The van der Waals surface area contributed by atoms with Crippen LogP contribution in [0, 0.1) is 11.8 Å². The summed E-state index contributed by atoms with van der Waals surface area (Å²) in [5, 5.41) is 5.37. The molecule has 0 aliphatic heterocycles. The van der Waals surface area contributed by atoms with Gasteiger partial charge in [0.1, 0.15) is 0 Å². The van der Waals surface area contributed by atoms with E-state index in [4.69, 9.17) is 0 Å². The molecule has 7 heteroatoms. The number of hydrogen-bond donors (Lipinski definition) is 2. The molecule has 4 nitrogen and oxygen atoms in total. The summed E-state index contributed by atoms with van der Waals surface area (Å²) in [6.07, 6.45) is -2.74. The molecule has 0 bridgehead atoms. The number of amides is 2. The quantitative estimate of drug-likeness (QED) is 0.821. The minimum absolute atomic E-state index is 0.00544. The molecule has 0 spiro atoms. The summed E-state index contributed by atoms with van der Waals surface area (Å²) in [6, 6.07) is 6.66. The molecule has 0 heterocycles. The van der Waals surface area contributed by atoms with Crippen molar-refractivity contribution in [1.82, 2.24) is 5.32 Å². The van der Waals surface area contributed by atoms with E-state index in [1.807, 2.05) is 13.8 Å². The van der Waals surface area contributed by atoms with Gasteiger partial charge in [0.15, 0.2) is 0 Å². The first-order chi connectivity index (χ1) is 12.2. The minimum Gasteiger partial charge on any atom is -0.354 e. The Morgan fingerprint density at radius 1 is 1.12 bits per heavy atom. The maximum atomic E-state index is 13.1. The van der Waals surface area contributed by atoms with Crippen molar-refractivity contribution in [3.05, 3.63) is 29.8 Å². The summed E-state index contributed by atoms with van der Waals surface area (Å²) < 4.78 is 39.4. The van der Waals surface area contributed by atoms with Crippen molar-refractivity contribution in [2.45, 2.75) is 58.2 Å². The molecule has 0 radical (unpaired) electrons. The first kappa shape index (κ1) is 20.3. The van der Waals surface area contributed by atoms with Crippen LogP contribution in [0.4, 0.5) is 18.9 Å². The maximum Gasteiger partial charge on any atom is 0.392 e. The van der Waals surface area contributed by atoms with Crippen LogP contribution in [0.5, 0.6) is 0 Å². The Labute approximate surface area is 151 Å². The molecular weight excluding hydrogens is 345 g/mol. The summed E-state index contributed by atoms with van der Waals surface area (Å²) >= 11 is 0. The topological polar surface area (TPSA) is 58.2 Å². The van der Waals surface area contributed by atoms with E-state index in [1.54, 1.807) is 24.3 Å². The molecule has 2 amide bonds. The van der Waals surface area contributed by atoms with E-state index < -0.39 is 23.9 Å². The second kappa shape index (κ2) is 8.56. The number of halogens is 3. The van der Waals surface area contributed by atoms with Gasteiger partial charge in [-0.15, -0.1) is 0 Å². The van der Waals surface area contributed by atoms with Crippen LogP contribution in [0.3, 0.4) is 0 Å². The van der Waals surface area contributed by atoms with Gasteiger partial charge in [0.05, 0.1) is 12.3 Å². The van der Waals surface area contributed by atoms with E-state index in [0.29, 0.717) is 18.5 Å². The molecule has 0 saturated heterocycles. The highest BCUT2D eigenvalue weighted by Gasteiger charge is 2.48. The molecule has 1 saturated carbocycles. The van der Waals surface area contributed by atoms with Crippen LogP contribution in [0.15, 0.2) is 24.3 Å². The molecular formula is C19H25F3N2O2. The maximum absolute atomic E-state index is 13.1. The smallest absolute Gasteiger partial charge is 0.354 e. The van der Waals surface area contributed by atoms with Gasteiger partial charge < -0.3 is 10.6 Å². The Kier molecular flexibility index (Phi) is 6.67. The molecule has 2 rings (SSSR count). The first-order valence-corrected chi connectivity index (χ1v) is 8.92. The third-order valence-corrected chi connectivity index (χ3v) is 4.56. The van der Waals surface area contributed by atoms with Crippen molar-refractivity contribution in [3.63, 3.8) is 0 Å². The number of nitrogens with one attached hydrogen (secondary N) is 2. The van der Waals surface area contributed by atoms with Crippen molar-refractivity contribution in [1.29, 1.82) is 0 Å². The molecule has 144 valence electrons. The van der Waals surface area contributed by atoms with Crippen molar-refractivity contribution < 1.29 is 22.8 Å². The summed E-state index contributed by atoms with van der Waals surface area (Å²) in [7, 11) is 0. The molecule has 26 heavy (non-hydrogen) atoms. The zero-order valence-electron chi connectivity index (χ0n) is 15.0. The Morgan fingerprint density at radius 3 is 2.31 bits per heavy atom. The third kappa shape index (κ3) is 5.75. The van der Waals surface area contributed by atoms with E-state index in [1.165, 1.54) is 0 Å². The minimum atomic E-state index is -4.35. The highest BCUT2D eigenvalue weighted by atomic mass is 19.4. The number of rotatable bonds is 5. The SMILES string of the molecule is CC(C)NC(=O)Cc1ccc(NC(=O)C2CCCCC2C(F)(F)F)cc1. The molecule has 1 aliphatic carbocycles. The standard InChI is InChI=1S/C19H25F3N2O2/c1-12(2)23-17(25)11-13-7-9-14(10-8-13)24-18(26)15-5-3-4-6-16(15)19(20,21)22/h7-10,12,15-16H,3-6,11H2,1-2H3,(H,23,25)(H,24,26). The third-order valence-electron chi connectivity index (χ3n) is 4.56. The van der Waals surface area contributed by atoms with Crippen molar-refractivity contribution in [2.24, 2.45) is 11.8 Å². The van der Waals surface area contributed by atoms with Gasteiger partial charge in [0, 0.05) is 17.6 Å². The second-order valence-corrected chi connectivity index (χ2v) is 7.12. The molecule has 1 fully saturated rings. The number of hydrogen-bond acceptors (Lipinski definition) is 2. The highest BCUT2D eigenvalue weighted by Crippen LogP contribution is 2.41. The molecule has 1 aromatic rings. The van der Waals surface area contributed by atoms with Crippen LogP contribution in [-0.4, -0.2) is 24.0 Å². The van der Waals surface area contributed by atoms with E-state index in [9.17, 15) is 22.8 Å². The number of carbonyl (C=O) groups excluding carboxylic acids is 2. The molecule has 2 unspecified atom stereocenters. The lowest BCUT2D eigenvalue weighted by molar-refractivity contribution is -0.197. The Morgan fingerprint density at radius 2 is 1.73 bits per heavy atom. The second-order valence-electron chi connectivity index (χ2n) is 7.12. The van der Waals surface area contributed by atoms with Crippen molar-refractivity contribution in [3.8, 4) is 0 Å². The zero-order chi connectivity index (χ0) is 19.3. The van der Waals surface area contributed by atoms with Gasteiger partial charge in [-0.2, -0.15) is 13.2 Å². The summed E-state index contributed by atoms with van der Waals surface area (Å²) in [5.74, 6) is -3.31. The van der Waals surface area contributed by atoms with Crippen LogP contribution in [-0.2, 0) is 16.0 Å². The normalized spacial score (nSPS) is 20.7. The van der Waals surface area contributed by atoms with Crippen molar-refractivity contribution >= 4 is 17.5 Å². The van der Waals surface area contributed by atoms with Crippen LogP contribution >= 0.6 is 0 Å². The van der Waals surface area contributed by atoms with E-state index in [-0.39, 0.29) is 31.2 Å². The lowest BCUT2D eigenvalue weighted by Gasteiger charge is -2.32. The fraction of sp³-hybridized carbons (Fsp3) is 0.579. The first-order valence-electron chi connectivity index (χ1n) is 8.92. The Balaban J connectivity index is 1.97. The van der Waals surface area contributed by atoms with Crippen LogP contribution in [0.25, 0.3) is 0 Å². The monoisotopic (exact) mass is 370 g/mol. The summed E-state index contributed by atoms with van der Waals surface area (Å²) in [6.45, 7) is 3.74. The highest BCUT2D eigenvalue weighted by molar-refractivity contribution is 5.93. The van der Waals surface area contributed by atoms with Gasteiger partial charge in [-0.1, -0.05) is 25.0 Å². The number of benzene rings is 1. The summed E-state index contributed by atoms with van der Waals surface area (Å²) in [4.78, 5) is 24.1. The Hall–Kier alpha value is -2.05. The van der Waals surface area contributed by atoms with E-state index >= 15 is 0 Å². The van der Waals surface area contributed by atoms with Gasteiger partial charge in [0.25, 0.3) is 0 Å². The van der Waals surface area contributed by atoms with Gasteiger partial charge >= 0.3 is 6.18 Å². The number of carbonyl (C=O) groups is 2. The van der Waals surface area contributed by atoms with E-state index in [2.05, 4.69) is 10.6 Å². The van der Waals surface area contributed by atoms with Gasteiger partial charge in [-0.25, -0.2) is 0 Å². The predicted octanol–water partition coefficient (Wildman–Crippen LogP) is 4.06. The average molecular weight is 370 g/mol. The number of alkyl halides is 3. The summed E-state index contributed by atoms with van der Waals surface area (Å²) in [5.41, 5.74) is 1.21. The molecule has 0 aromatic heterocycles. The van der Waals surface area contributed by atoms with Gasteiger partial charge in [-0.05, 0) is 44.4 Å². The van der Waals surface area contributed by atoms with Crippen LogP contribution < -0.4 is 10.6 Å². The predicted molar refractivity (Wildman–Crippen MR) is 93.6 cm³/mol. The molecule has 1 aliphatic rings. The van der Waals surface area contributed by atoms with E-state index in [0.717, 1.165) is 5.56 Å². The zero-order valence-corrected chi connectivity index (χ0v) is 15.0. The average Bonchev–Trinajstić information content (AvgIpc) is 2.55. The lowest BCUT2D eigenvalue weighted by Crippen LogP contribution is -2.39. The van der Waals surface area contributed by atoms with Crippen LogP contribution in [0.1, 0.15) is 45.1 Å². The lowest BCUT2D eigenvalue weighted by atomic mass is 9.78. The van der Waals surface area contributed by atoms with Gasteiger partial charge in [0.2, 0.25) is 11.8 Å². The fourth-order valence-electron chi connectivity index (χ4n) is 3.34. The molecule has 2 atom stereocenters. The number of anilines is 1. The fourth-order valence-corrected chi connectivity index (χ4v) is 3.34. The largest absolute Gasteiger partial charge is 0.392 e. The van der Waals surface area contributed by atoms with Crippen LogP contribution in [0.2, 0.25) is 0 Å². The molecule has 2 N–H and O–H groups in total. The molecule has 1 aromatic carbocycles. The van der Waals surface area contributed by atoms with Crippen molar-refractivity contribution in [2.75, 3.05) is 5.32 Å².